The van der Waals surface area contributed by atoms with Crippen LogP contribution in [0.1, 0.15) is 24.4 Å². The van der Waals surface area contributed by atoms with Gasteiger partial charge in [-0.2, -0.15) is 0 Å². The average Bonchev–Trinajstić information content (AvgIpc) is 2.79. The first-order valence-corrected chi connectivity index (χ1v) is 11.7. The second-order valence-corrected chi connectivity index (χ2v) is 9.07. The quantitative estimate of drug-likeness (QED) is 0.444. The van der Waals surface area contributed by atoms with Crippen LogP contribution in [0.25, 0.3) is 16.6 Å². The number of fused-ring (bicyclic) bond motifs is 1. The van der Waals surface area contributed by atoms with Gasteiger partial charge in [0.1, 0.15) is 5.82 Å². The fourth-order valence-corrected chi connectivity index (χ4v) is 4.76. The molecule has 0 aliphatic rings. The maximum absolute atomic E-state index is 13.3. The van der Waals surface area contributed by atoms with Crippen LogP contribution in [0.4, 0.5) is 0 Å². The Labute approximate surface area is 185 Å². The number of hydrogen-bond acceptors (Lipinski definition) is 4. The van der Waals surface area contributed by atoms with E-state index < -0.39 is 16.1 Å². The van der Waals surface area contributed by atoms with Crippen LogP contribution < -0.4 is 10.3 Å². The monoisotopic (exact) mass is 453 g/mol. The zero-order chi connectivity index (χ0) is 22.0. The molecule has 3 aromatic carbocycles. The van der Waals surface area contributed by atoms with Gasteiger partial charge in [0, 0.05) is 5.88 Å². The van der Waals surface area contributed by atoms with Crippen LogP contribution in [-0.4, -0.2) is 18.0 Å². The number of nitrogens with zero attached hydrogens (tertiary/aromatic N) is 2. The highest BCUT2D eigenvalue weighted by Crippen LogP contribution is 2.20. The minimum Gasteiger partial charge on any atom is -0.268 e. The topological polar surface area (TPSA) is 81.1 Å². The molecule has 0 radical (unpaired) electrons. The van der Waals surface area contributed by atoms with Crippen LogP contribution in [0.2, 0.25) is 0 Å². The lowest BCUT2D eigenvalue weighted by Gasteiger charge is -2.20. The van der Waals surface area contributed by atoms with Gasteiger partial charge in [-0.05, 0) is 48.9 Å². The van der Waals surface area contributed by atoms with E-state index in [9.17, 15) is 13.2 Å². The van der Waals surface area contributed by atoms with Crippen LogP contribution in [0.5, 0.6) is 0 Å². The molecule has 0 aliphatic heterocycles. The molecule has 4 rings (SSSR count). The summed E-state index contributed by atoms with van der Waals surface area (Å²) in [4.78, 5) is 18.0. The summed E-state index contributed by atoms with van der Waals surface area (Å²) in [7, 11) is -3.85. The van der Waals surface area contributed by atoms with Gasteiger partial charge in [-0.3, -0.25) is 9.36 Å². The number of para-hydroxylation sites is 2. The Morgan fingerprint density at radius 2 is 1.61 bits per heavy atom. The number of sulfonamides is 1. The van der Waals surface area contributed by atoms with Crippen molar-refractivity contribution in [2.45, 2.75) is 23.7 Å². The highest BCUT2D eigenvalue weighted by molar-refractivity contribution is 7.89. The summed E-state index contributed by atoms with van der Waals surface area (Å²) in [5, 5.41) is 0.460. The molecule has 0 bridgehead atoms. The standard InChI is InChI=1S/C23H20ClN3O3S/c1-16(26-31(29,30)19-13-11-17(15-24)12-14-19)22-25-21-10-6-5-9-20(21)23(28)27(22)18-7-3-2-4-8-18/h2-14,16,26H,15H2,1H3. The molecule has 0 fully saturated rings. The second-order valence-electron chi connectivity index (χ2n) is 7.08. The summed E-state index contributed by atoms with van der Waals surface area (Å²) >= 11 is 5.79. The van der Waals surface area contributed by atoms with Crippen molar-refractivity contribution in [2.75, 3.05) is 0 Å². The van der Waals surface area contributed by atoms with Crippen molar-refractivity contribution in [3.05, 3.63) is 101 Å². The smallest absolute Gasteiger partial charge is 0.266 e. The lowest BCUT2D eigenvalue weighted by molar-refractivity contribution is 0.555. The van der Waals surface area contributed by atoms with E-state index in [1.165, 1.54) is 16.7 Å². The molecule has 1 unspecified atom stereocenters. The Bertz CT molecular complexity index is 1390. The molecule has 1 heterocycles. The molecular formula is C23H20ClN3O3S. The molecule has 158 valence electrons. The molecule has 0 saturated carbocycles. The molecular weight excluding hydrogens is 434 g/mol. The Morgan fingerprint density at radius 1 is 0.968 bits per heavy atom. The summed E-state index contributed by atoms with van der Waals surface area (Å²) in [5.74, 6) is 0.602. The first kappa shape index (κ1) is 21.2. The van der Waals surface area contributed by atoms with E-state index in [-0.39, 0.29) is 10.5 Å². The summed E-state index contributed by atoms with van der Waals surface area (Å²) < 4.78 is 30.0. The van der Waals surface area contributed by atoms with Crippen molar-refractivity contribution in [3.8, 4) is 5.69 Å². The minimum atomic E-state index is -3.85. The molecule has 4 aromatic rings. The van der Waals surface area contributed by atoms with Crippen LogP contribution in [0.15, 0.2) is 88.6 Å². The fraction of sp³-hybridized carbons (Fsp3) is 0.130. The van der Waals surface area contributed by atoms with Gasteiger partial charge in [0.15, 0.2) is 0 Å². The highest BCUT2D eigenvalue weighted by Gasteiger charge is 2.23. The number of nitrogens with one attached hydrogen (secondary N) is 1. The molecule has 31 heavy (non-hydrogen) atoms. The molecule has 8 heteroatoms. The van der Waals surface area contributed by atoms with Gasteiger partial charge in [-0.1, -0.05) is 42.5 Å². The zero-order valence-corrected chi connectivity index (χ0v) is 18.3. The van der Waals surface area contributed by atoms with Crippen LogP contribution in [0, 0.1) is 0 Å². The van der Waals surface area contributed by atoms with Gasteiger partial charge in [0.2, 0.25) is 10.0 Å². The number of rotatable bonds is 6. The predicted octanol–water partition coefficient (Wildman–Crippen LogP) is 4.16. The predicted molar refractivity (Wildman–Crippen MR) is 122 cm³/mol. The van der Waals surface area contributed by atoms with E-state index in [0.29, 0.717) is 28.3 Å². The maximum Gasteiger partial charge on any atom is 0.266 e. The van der Waals surface area contributed by atoms with Crippen molar-refractivity contribution in [3.63, 3.8) is 0 Å². The summed E-state index contributed by atoms with van der Waals surface area (Å²) in [6.07, 6.45) is 0. The minimum absolute atomic E-state index is 0.114. The second kappa shape index (κ2) is 8.63. The van der Waals surface area contributed by atoms with Crippen molar-refractivity contribution in [1.29, 1.82) is 0 Å². The van der Waals surface area contributed by atoms with Gasteiger partial charge >= 0.3 is 0 Å². The van der Waals surface area contributed by atoms with E-state index in [1.807, 2.05) is 18.2 Å². The van der Waals surface area contributed by atoms with Gasteiger partial charge in [0.05, 0.1) is 27.5 Å². The molecule has 0 spiro atoms. The Kier molecular flexibility index (Phi) is 5.91. The summed E-state index contributed by atoms with van der Waals surface area (Å²) in [6.45, 7) is 1.67. The van der Waals surface area contributed by atoms with Crippen molar-refractivity contribution in [2.24, 2.45) is 0 Å². The Morgan fingerprint density at radius 3 is 2.29 bits per heavy atom. The SMILES string of the molecule is CC(NS(=O)(=O)c1ccc(CCl)cc1)c1nc2ccccc2c(=O)n1-c1ccccc1. The van der Waals surface area contributed by atoms with Gasteiger partial charge in [-0.25, -0.2) is 18.1 Å². The van der Waals surface area contributed by atoms with Gasteiger partial charge < -0.3 is 0 Å². The Hall–Kier alpha value is -3.00. The van der Waals surface area contributed by atoms with Crippen LogP contribution in [0.3, 0.4) is 0 Å². The molecule has 0 amide bonds. The first-order valence-electron chi connectivity index (χ1n) is 9.65. The van der Waals surface area contributed by atoms with Crippen molar-refractivity contribution in [1.82, 2.24) is 14.3 Å². The highest BCUT2D eigenvalue weighted by atomic mass is 35.5. The third-order valence-corrected chi connectivity index (χ3v) is 6.79. The number of aromatic nitrogens is 2. The lowest BCUT2D eigenvalue weighted by Crippen LogP contribution is -2.33. The normalized spacial score (nSPS) is 12.7. The van der Waals surface area contributed by atoms with Gasteiger partial charge in [-0.15, -0.1) is 11.6 Å². The molecule has 1 N–H and O–H groups in total. The zero-order valence-electron chi connectivity index (χ0n) is 16.7. The fourth-order valence-electron chi connectivity index (χ4n) is 3.38. The first-order chi connectivity index (χ1) is 14.9. The summed E-state index contributed by atoms with van der Waals surface area (Å²) in [5.41, 5.74) is 1.68. The molecule has 0 aliphatic carbocycles. The Balaban J connectivity index is 1.81. The van der Waals surface area contributed by atoms with Crippen LogP contribution >= 0.6 is 11.6 Å². The number of halogens is 1. The third kappa shape index (κ3) is 4.25. The summed E-state index contributed by atoms with van der Waals surface area (Å²) in [6, 6.07) is 21.6. The van der Waals surface area contributed by atoms with E-state index >= 15 is 0 Å². The lowest BCUT2D eigenvalue weighted by atomic mass is 10.2. The van der Waals surface area contributed by atoms with Crippen molar-refractivity contribution >= 4 is 32.5 Å². The molecule has 1 atom stereocenters. The van der Waals surface area contributed by atoms with E-state index in [2.05, 4.69) is 9.71 Å². The molecule has 6 nitrogen and oxygen atoms in total. The third-order valence-electron chi connectivity index (χ3n) is 4.92. The number of hydrogen-bond donors (Lipinski definition) is 1. The maximum atomic E-state index is 13.3. The number of alkyl halides is 1. The van der Waals surface area contributed by atoms with E-state index in [4.69, 9.17) is 11.6 Å². The average molecular weight is 454 g/mol. The van der Waals surface area contributed by atoms with E-state index in [0.717, 1.165) is 5.56 Å². The number of benzene rings is 3. The van der Waals surface area contributed by atoms with Crippen molar-refractivity contribution < 1.29 is 8.42 Å². The largest absolute Gasteiger partial charge is 0.268 e. The van der Waals surface area contributed by atoms with E-state index in [1.54, 1.807) is 55.5 Å². The van der Waals surface area contributed by atoms with Crippen LogP contribution in [-0.2, 0) is 15.9 Å². The molecule has 1 aromatic heterocycles. The van der Waals surface area contributed by atoms with Gasteiger partial charge in [0.25, 0.3) is 5.56 Å². The molecule has 0 saturated heterocycles.